The van der Waals surface area contributed by atoms with Crippen molar-refractivity contribution in [3.63, 3.8) is 0 Å². The van der Waals surface area contributed by atoms with Gasteiger partial charge in [0.05, 0.1) is 0 Å². The molecule has 474 valence electrons. The summed E-state index contributed by atoms with van der Waals surface area (Å²) >= 11 is 0. The molecule has 83 heavy (non-hydrogen) atoms. The van der Waals surface area contributed by atoms with Crippen LogP contribution in [-0.4, -0.2) is 37.2 Å². The second kappa shape index (κ2) is 70.3. The third kappa shape index (κ3) is 68.5. The number of hydrogen-bond donors (Lipinski definition) is 0. The maximum atomic E-state index is 12.9. The van der Waals surface area contributed by atoms with Gasteiger partial charge >= 0.3 is 17.9 Å². The average molecular weight is 1150 g/mol. The first-order valence-corrected chi connectivity index (χ1v) is 35.0. The molecule has 0 bridgehead atoms. The molecule has 0 aromatic carbocycles. The SMILES string of the molecule is CC/C=C\C/C=C\C/C=C\C/C=C\C/C=C\C/C=C\CCCCCCCCCCCCCCCCCCC(=O)OCC(COC(=O)CCCCCCC/C=C\C/C=C\CCC)OC(=O)CCCCCCCCC/C=C\C/C=C\CCCCC. The number of unbranched alkanes of at least 4 members (excludes halogenated alkanes) is 32. The van der Waals surface area contributed by atoms with Crippen LogP contribution >= 0.6 is 0 Å². The van der Waals surface area contributed by atoms with E-state index in [0.717, 1.165) is 141 Å². The number of esters is 3. The van der Waals surface area contributed by atoms with Crippen molar-refractivity contribution in [2.24, 2.45) is 0 Å². The molecular formula is C77H130O6. The summed E-state index contributed by atoms with van der Waals surface area (Å²) in [4.78, 5) is 38.4. The third-order valence-corrected chi connectivity index (χ3v) is 14.9. The minimum Gasteiger partial charge on any atom is -0.462 e. The minimum absolute atomic E-state index is 0.0847. The molecule has 0 aliphatic rings. The molecule has 0 fully saturated rings. The van der Waals surface area contributed by atoms with Gasteiger partial charge in [0.1, 0.15) is 13.2 Å². The molecule has 0 aliphatic carbocycles. The maximum absolute atomic E-state index is 12.9. The van der Waals surface area contributed by atoms with Crippen LogP contribution in [-0.2, 0) is 28.6 Å². The van der Waals surface area contributed by atoms with Crippen LogP contribution in [0.25, 0.3) is 0 Å². The van der Waals surface area contributed by atoms with Gasteiger partial charge in [0.15, 0.2) is 6.10 Å². The van der Waals surface area contributed by atoms with Crippen molar-refractivity contribution in [2.75, 3.05) is 13.2 Å². The molecule has 6 heteroatoms. The lowest BCUT2D eigenvalue weighted by molar-refractivity contribution is -0.167. The van der Waals surface area contributed by atoms with Crippen LogP contribution < -0.4 is 0 Å². The van der Waals surface area contributed by atoms with Crippen LogP contribution in [0, 0.1) is 0 Å². The van der Waals surface area contributed by atoms with Gasteiger partial charge < -0.3 is 14.2 Å². The summed E-state index contributed by atoms with van der Waals surface area (Å²) in [5.74, 6) is -0.897. The molecule has 0 aromatic heterocycles. The van der Waals surface area contributed by atoms with Gasteiger partial charge in [-0.1, -0.05) is 303 Å². The van der Waals surface area contributed by atoms with Crippen molar-refractivity contribution in [1.82, 2.24) is 0 Å². The van der Waals surface area contributed by atoms with Crippen molar-refractivity contribution in [3.8, 4) is 0 Å². The topological polar surface area (TPSA) is 78.9 Å². The fourth-order valence-corrected chi connectivity index (χ4v) is 9.69. The Kier molecular flexibility index (Phi) is 66.7. The van der Waals surface area contributed by atoms with Crippen molar-refractivity contribution in [2.45, 2.75) is 335 Å². The molecule has 0 aromatic rings. The zero-order valence-electron chi connectivity index (χ0n) is 54.4. The van der Waals surface area contributed by atoms with Crippen molar-refractivity contribution in [3.05, 3.63) is 122 Å². The van der Waals surface area contributed by atoms with Gasteiger partial charge in [0.2, 0.25) is 0 Å². The molecule has 0 saturated carbocycles. The number of carbonyl (C=O) groups is 3. The van der Waals surface area contributed by atoms with Gasteiger partial charge in [-0.15, -0.1) is 0 Å². The van der Waals surface area contributed by atoms with E-state index >= 15 is 0 Å². The molecule has 0 amide bonds. The number of hydrogen-bond acceptors (Lipinski definition) is 6. The second-order valence-corrected chi connectivity index (χ2v) is 23.1. The Morgan fingerprint density at radius 1 is 0.253 bits per heavy atom. The smallest absolute Gasteiger partial charge is 0.306 e. The molecule has 0 spiro atoms. The Bertz CT molecular complexity index is 1700. The number of carbonyl (C=O) groups excluding carboxylic acids is 3. The number of ether oxygens (including phenoxy) is 3. The first kappa shape index (κ1) is 78.8. The van der Waals surface area contributed by atoms with Crippen LogP contribution in [0.2, 0.25) is 0 Å². The van der Waals surface area contributed by atoms with E-state index in [1.807, 2.05) is 0 Å². The summed E-state index contributed by atoms with van der Waals surface area (Å²) in [5.41, 5.74) is 0. The van der Waals surface area contributed by atoms with E-state index in [0.29, 0.717) is 19.3 Å². The Morgan fingerprint density at radius 3 is 0.783 bits per heavy atom. The van der Waals surface area contributed by atoms with E-state index in [2.05, 4.69) is 142 Å². The molecule has 0 aliphatic heterocycles. The summed E-state index contributed by atoms with van der Waals surface area (Å²) in [6.45, 7) is 6.44. The number of allylic oxidation sites excluding steroid dienone is 20. The Hall–Kier alpha value is -4.19. The van der Waals surface area contributed by atoms with Crippen LogP contribution in [0.15, 0.2) is 122 Å². The zero-order valence-corrected chi connectivity index (χ0v) is 54.4. The van der Waals surface area contributed by atoms with Crippen molar-refractivity contribution < 1.29 is 28.6 Å². The predicted molar refractivity (Wildman–Crippen MR) is 362 cm³/mol. The standard InChI is InChI=1S/C77H130O6/c1-4-7-10-13-16-19-22-25-27-29-30-31-32-33-34-35-36-37-38-39-40-41-42-43-44-45-46-48-49-52-55-58-61-64-67-70-76(79)82-73-74(72-81-75(78)69-66-63-60-57-54-51-24-21-18-15-12-9-6-3)83-77(80)71-68-65-62-59-56-53-50-47-28-26-23-20-17-14-11-8-5-2/h7,10,12,15-17,19-21,24-28,30-31,33-34,36-37,74H,4-6,8-9,11,13-14,18,22-23,29,32,35,38-73H2,1-3H3/b10-7-,15-12-,19-16-,20-17-,24-21-,27-25-,28-26-,31-30-,34-33-,37-36-. The highest BCUT2D eigenvalue weighted by Crippen LogP contribution is 2.17. The first-order valence-electron chi connectivity index (χ1n) is 35.0. The van der Waals surface area contributed by atoms with Gasteiger partial charge in [0, 0.05) is 19.3 Å². The van der Waals surface area contributed by atoms with Crippen LogP contribution in [0.3, 0.4) is 0 Å². The molecule has 0 radical (unpaired) electrons. The highest BCUT2D eigenvalue weighted by molar-refractivity contribution is 5.71. The quantitative estimate of drug-likeness (QED) is 0.0261. The van der Waals surface area contributed by atoms with Crippen LogP contribution in [0.5, 0.6) is 0 Å². The second-order valence-electron chi connectivity index (χ2n) is 23.1. The lowest BCUT2D eigenvalue weighted by Crippen LogP contribution is -2.30. The van der Waals surface area contributed by atoms with Gasteiger partial charge in [-0.25, -0.2) is 0 Å². The van der Waals surface area contributed by atoms with Crippen LogP contribution in [0.4, 0.5) is 0 Å². The fraction of sp³-hybridized carbons (Fsp3) is 0.701. The first-order chi connectivity index (χ1) is 41.0. The van der Waals surface area contributed by atoms with Gasteiger partial charge in [-0.05, 0) is 128 Å². The van der Waals surface area contributed by atoms with E-state index in [1.54, 1.807) is 0 Å². The maximum Gasteiger partial charge on any atom is 0.306 e. The largest absolute Gasteiger partial charge is 0.462 e. The summed E-state index contributed by atoms with van der Waals surface area (Å²) in [6.07, 6.45) is 98.0. The van der Waals surface area contributed by atoms with Gasteiger partial charge in [-0.2, -0.15) is 0 Å². The highest BCUT2D eigenvalue weighted by atomic mass is 16.6. The lowest BCUT2D eigenvalue weighted by Gasteiger charge is -2.18. The molecular weight excluding hydrogens is 1020 g/mol. The van der Waals surface area contributed by atoms with Crippen LogP contribution in [0.1, 0.15) is 329 Å². The molecule has 0 heterocycles. The lowest BCUT2D eigenvalue weighted by atomic mass is 10.0. The summed E-state index contributed by atoms with van der Waals surface area (Å²) < 4.78 is 16.9. The average Bonchev–Trinajstić information content (AvgIpc) is 3.49. The van der Waals surface area contributed by atoms with Crippen molar-refractivity contribution in [1.29, 1.82) is 0 Å². The van der Waals surface area contributed by atoms with E-state index in [9.17, 15) is 14.4 Å². The summed E-state index contributed by atoms with van der Waals surface area (Å²) in [5, 5.41) is 0. The summed E-state index contributed by atoms with van der Waals surface area (Å²) in [7, 11) is 0. The minimum atomic E-state index is -0.790. The van der Waals surface area contributed by atoms with E-state index in [-0.39, 0.29) is 31.1 Å². The summed E-state index contributed by atoms with van der Waals surface area (Å²) in [6, 6.07) is 0. The number of rotatable bonds is 63. The molecule has 0 saturated heterocycles. The normalized spacial score (nSPS) is 12.9. The molecule has 1 unspecified atom stereocenters. The molecule has 1 atom stereocenters. The van der Waals surface area contributed by atoms with Crippen molar-refractivity contribution >= 4 is 17.9 Å². The Labute approximate surface area is 513 Å². The predicted octanol–water partition coefficient (Wildman–Crippen LogP) is 24.3. The van der Waals surface area contributed by atoms with E-state index in [1.165, 1.54) is 148 Å². The fourth-order valence-electron chi connectivity index (χ4n) is 9.69. The Morgan fingerprint density at radius 2 is 0.494 bits per heavy atom. The Balaban J connectivity index is 4.18. The highest BCUT2D eigenvalue weighted by Gasteiger charge is 2.19. The van der Waals surface area contributed by atoms with E-state index < -0.39 is 6.10 Å². The monoisotopic (exact) mass is 1150 g/mol. The third-order valence-electron chi connectivity index (χ3n) is 14.9. The zero-order chi connectivity index (χ0) is 59.9. The van der Waals surface area contributed by atoms with Gasteiger partial charge in [0.25, 0.3) is 0 Å². The molecule has 6 nitrogen and oxygen atoms in total. The molecule has 0 rings (SSSR count). The molecule has 0 N–H and O–H groups in total. The van der Waals surface area contributed by atoms with E-state index in [4.69, 9.17) is 14.2 Å². The van der Waals surface area contributed by atoms with Gasteiger partial charge in [-0.3, -0.25) is 14.4 Å².